The topological polar surface area (TPSA) is 59.6 Å². The van der Waals surface area contributed by atoms with Crippen LogP contribution in [0.15, 0.2) is 55.0 Å². The normalized spacial score (nSPS) is 12.4. The number of halogens is 1. The first kappa shape index (κ1) is 20.5. The quantitative estimate of drug-likeness (QED) is 0.478. The Morgan fingerprint density at radius 1 is 1.16 bits per heavy atom. The molecule has 2 aromatic heterocycles. The van der Waals surface area contributed by atoms with Crippen molar-refractivity contribution in [2.24, 2.45) is 7.05 Å². The summed E-state index contributed by atoms with van der Waals surface area (Å²) < 4.78 is 22.8. The van der Waals surface area contributed by atoms with E-state index in [9.17, 15) is 4.39 Å². The third-order valence-corrected chi connectivity index (χ3v) is 5.39. The van der Waals surface area contributed by atoms with E-state index in [-0.39, 0.29) is 11.7 Å². The Balaban J connectivity index is 1.57. The number of nitrogens with one attached hydrogen (secondary N) is 1. The summed E-state index contributed by atoms with van der Waals surface area (Å²) in [4.78, 5) is 4.28. The Morgan fingerprint density at radius 2 is 1.94 bits per heavy atom. The van der Waals surface area contributed by atoms with Crippen molar-refractivity contribution in [1.82, 2.24) is 19.7 Å². The number of aromatic amines is 1. The van der Waals surface area contributed by atoms with E-state index in [2.05, 4.69) is 22.1 Å². The third-order valence-electron chi connectivity index (χ3n) is 5.39. The lowest BCUT2D eigenvalue weighted by Crippen LogP contribution is -2.35. The van der Waals surface area contributed by atoms with E-state index in [4.69, 9.17) is 4.74 Å². The van der Waals surface area contributed by atoms with Gasteiger partial charge >= 0.3 is 5.82 Å². The fraction of sp³-hybridized carbons (Fsp3) is 0.208. The molecule has 6 nitrogen and oxygen atoms in total. The van der Waals surface area contributed by atoms with E-state index >= 15 is 0 Å². The van der Waals surface area contributed by atoms with Crippen LogP contribution < -0.4 is 9.30 Å². The van der Waals surface area contributed by atoms with Crippen LogP contribution in [0.2, 0.25) is 0 Å². The molecule has 2 aromatic carbocycles. The lowest BCUT2D eigenvalue weighted by molar-refractivity contribution is -0.681. The number of nitrogens with zero attached hydrogens (tertiary/aromatic N) is 4. The molecule has 0 aliphatic rings. The Bertz CT molecular complexity index is 1220. The van der Waals surface area contributed by atoms with Crippen molar-refractivity contribution >= 4 is 12.2 Å². The van der Waals surface area contributed by atoms with E-state index in [1.54, 1.807) is 25.6 Å². The van der Waals surface area contributed by atoms with Crippen LogP contribution in [-0.4, -0.2) is 26.9 Å². The minimum absolute atomic E-state index is 0.0539. The molecule has 0 fully saturated rings. The number of aromatic nitrogens is 5. The van der Waals surface area contributed by atoms with Gasteiger partial charge in [0.15, 0.2) is 0 Å². The molecule has 0 radical (unpaired) electrons. The second-order valence-corrected chi connectivity index (χ2v) is 7.49. The summed E-state index contributed by atoms with van der Waals surface area (Å²) >= 11 is 0. The number of benzene rings is 2. The number of hydrogen-bond acceptors (Lipinski definition) is 3. The van der Waals surface area contributed by atoms with Gasteiger partial charge in [0, 0.05) is 17.4 Å². The largest absolute Gasteiger partial charge is 0.495 e. The summed E-state index contributed by atoms with van der Waals surface area (Å²) in [5.41, 5.74) is 3.89. The molecule has 0 saturated carbocycles. The lowest BCUT2D eigenvalue weighted by Gasteiger charge is -2.09. The van der Waals surface area contributed by atoms with Crippen LogP contribution in [-0.2, 0) is 7.05 Å². The first-order valence-corrected chi connectivity index (χ1v) is 10.0. The minimum atomic E-state index is -0.238. The zero-order chi connectivity index (χ0) is 22.0. The number of rotatable bonds is 6. The van der Waals surface area contributed by atoms with Gasteiger partial charge in [-0.3, -0.25) is 0 Å². The molecular formula is C24H25FN5O+. The number of aryl methyl sites for hydroxylation is 1. The van der Waals surface area contributed by atoms with Crippen molar-refractivity contribution in [3.8, 4) is 11.4 Å². The average Bonchev–Trinajstić information content (AvgIpc) is 3.37. The van der Waals surface area contributed by atoms with E-state index < -0.39 is 0 Å². The second kappa shape index (κ2) is 8.55. The molecule has 0 aliphatic heterocycles. The van der Waals surface area contributed by atoms with Gasteiger partial charge in [0.05, 0.1) is 37.8 Å². The maximum atomic E-state index is 13.2. The van der Waals surface area contributed by atoms with Crippen molar-refractivity contribution < 1.29 is 13.7 Å². The molecule has 4 rings (SSSR count). The van der Waals surface area contributed by atoms with Gasteiger partial charge in [0.2, 0.25) is 5.82 Å². The van der Waals surface area contributed by atoms with Gasteiger partial charge in [-0.15, -0.1) is 5.10 Å². The zero-order valence-corrected chi connectivity index (χ0v) is 18.0. The highest BCUT2D eigenvalue weighted by molar-refractivity contribution is 5.68. The molecule has 1 atom stereocenters. The van der Waals surface area contributed by atoms with Crippen molar-refractivity contribution in [2.45, 2.75) is 19.8 Å². The third kappa shape index (κ3) is 4.26. The second-order valence-electron chi connectivity index (χ2n) is 7.49. The van der Waals surface area contributed by atoms with Crippen LogP contribution in [0.25, 0.3) is 17.8 Å². The maximum Gasteiger partial charge on any atom is 0.301 e. The zero-order valence-electron chi connectivity index (χ0n) is 18.0. The molecule has 2 heterocycles. The van der Waals surface area contributed by atoms with Crippen molar-refractivity contribution in [2.75, 3.05) is 7.11 Å². The average molecular weight is 418 g/mol. The molecule has 1 N–H and O–H groups in total. The van der Waals surface area contributed by atoms with Gasteiger partial charge in [-0.05, 0) is 55.3 Å². The fourth-order valence-electron chi connectivity index (χ4n) is 3.57. The monoisotopic (exact) mass is 418 g/mol. The van der Waals surface area contributed by atoms with Gasteiger partial charge in [0.25, 0.3) is 0 Å². The molecule has 31 heavy (non-hydrogen) atoms. The van der Waals surface area contributed by atoms with Crippen LogP contribution in [0.3, 0.4) is 0 Å². The Morgan fingerprint density at radius 3 is 2.61 bits per heavy atom. The highest BCUT2D eigenvalue weighted by Gasteiger charge is 2.22. The van der Waals surface area contributed by atoms with Crippen molar-refractivity contribution in [3.05, 3.63) is 89.3 Å². The number of hydrogen-bond donors (Lipinski definition) is 1. The standard InChI is InChI=1S/C24H24FN5O/c1-16-14-30(15-26-16)21-11-5-18(13-22(21)31-4)6-12-23-27-28-24(29(23)3)17(2)19-7-9-20(25)10-8-19/h5-15,17H,1-4H3/p+1/t17-/m0/s1. The van der Waals surface area contributed by atoms with Crippen LogP contribution in [0.5, 0.6) is 5.75 Å². The summed E-state index contributed by atoms with van der Waals surface area (Å²) in [5.74, 6) is 2.31. The number of ether oxygens (including phenoxy) is 1. The van der Waals surface area contributed by atoms with Crippen LogP contribution in [0.1, 0.15) is 41.3 Å². The maximum absolute atomic E-state index is 13.2. The number of imidazole rings is 1. The summed E-state index contributed by atoms with van der Waals surface area (Å²) in [6.07, 6.45) is 7.68. The molecule has 0 amide bonds. The van der Waals surface area contributed by atoms with Crippen LogP contribution >= 0.6 is 0 Å². The predicted octanol–water partition coefficient (Wildman–Crippen LogP) is 4.20. The molecule has 0 aliphatic carbocycles. The lowest BCUT2D eigenvalue weighted by atomic mass is 10.0. The fourth-order valence-corrected chi connectivity index (χ4v) is 3.57. The minimum Gasteiger partial charge on any atom is -0.495 e. The summed E-state index contributed by atoms with van der Waals surface area (Å²) in [6, 6.07) is 12.6. The van der Waals surface area contributed by atoms with Crippen LogP contribution in [0.4, 0.5) is 4.39 Å². The molecule has 4 aromatic rings. The Labute approximate surface area is 180 Å². The van der Waals surface area contributed by atoms with Crippen molar-refractivity contribution in [1.29, 1.82) is 0 Å². The first-order valence-electron chi connectivity index (χ1n) is 10.0. The highest BCUT2D eigenvalue weighted by atomic mass is 19.1. The SMILES string of the molecule is COc1cc(C=Cc2n[nH]c([C@@H](C)c3ccc(F)cc3)[n+]2C)ccc1-n1cnc(C)c1. The number of H-pyrrole nitrogens is 1. The molecule has 0 unspecified atom stereocenters. The molecule has 7 heteroatoms. The van der Waals surface area contributed by atoms with Gasteiger partial charge in [-0.1, -0.05) is 18.2 Å². The van der Waals surface area contributed by atoms with Gasteiger partial charge in [0.1, 0.15) is 11.6 Å². The molecule has 0 saturated heterocycles. The van der Waals surface area contributed by atoms with Gasteiger partial charge in [-0.25, -0.2) is 13.9 Å². The summed E-state index contributed by atoms with van der Waals surface area (Å²) in [5, 5.41) is 7.55. The first-order chi connectivity index (χ1) is 15.0. The summed E-state index contributed by atoms with van der Waals surface area (Å²) in [7, 11) is 3.62. The Hall–Kier alpha value is -3.74. The van der Waals surface area contributed by atoms with E-state index in [1.165, 1.54) is 12.1 Å². The Kier molecular flexibility index (Phi) is 5.66. The van der Waals surface area contributed by atoms with E-state index in [0.717, 1.165) is 39.9 Å². The summed E-state index contributed by atoms with van der Waals surface area (Å²) in [6.45, 7) is 4.02. The predicted molar refractivity (Wildman–Crippen MR) is 117 cm³/mol. The van der Waals surface area contributed by atoms with Crippen molar-refractivity contribution in [3.63, 3.8) is 0 Å². The molecule has 0 bridgehead atoms. The molecule has 0 spiro atoms. The van der Waals surface area contributed by atoms with E-state index in [0.29, 0.717) is 0 Å². The molecule has 158 valence electrons. The highest BCUT2D eigenvalue weighted by Crippen LogP contribution is 2.25. The number of methoxy groups -OCH3 is 1. The van der Waals surface area contributed by atoms with Gasteiger partial charge < -0.3 is 9.30 Å². The van der Waals surface area contributed by atoms with E-state index in [1.807, 2.05) is 59.7 Å². The molecular weight excluding hydrogens is 393 g/mol. The van der Waals surface area contributed by atoms with Crippen LogP contribution in [0, 0.1) is 12.7 Å². The smallest absolute Gasteiger partial charge is 0.301 e. The van der Waals surface area contributed by atoms with Gasteiger partial charge in [-0.2, -0.15) is 0 Å².